The number of aliphatic imine (C=N–C) groups is 1. The lowest BCUT2D eigenvalue weighted by Crippen LogP contribution is -2.53. The second kappa shape index (κ2) is 10.8. The lowest BCUT2D eigenvalue weighted by molar-refractivity contribution is -0.143. The second-order valence-electron chi connectivity index (χ2n) is 9.35. The van der Waals surface area contributed by atoms with E-state index in [1.54, 1.807) is 18.2 Å². The van der Waals surface area contributed by atoms with Gasteiger partial charge in [0.15, 0.2) is 10.9 Å². The average Bonchev–Trinajstić information content (AvgIpc) is 3.47. The molecule has 214 valence electrons. The van der Waals surface area contributed by atoms with Crippen LogP contribution in [0.4, 0.5) is 26.3 Å². The zero-order valence-electron chi connectivity index (χ0n) is 20.9. The van der Waals surface area contributed by atoms with Gasteiger partial charge in [-0.05, 0) is 53.2 Å². The highest BCUT2D eigenvalue weighted by Crippen LogP contribution is 2.38. The maximum Gasteiger partial charge on any atom is 0.416 e. The van der Waals surface area contributed by atoms with Crippen molar-refractivity contribution in [2.75, 3.05) is 26.2 Å². The summed E-state index contributed by atoms with van der Waals surface area (Å²) in [7, 11) is 0. The number of fused-ring (bicyclic) bond motifs is 1. The predicted octanol–water partition coefficient (Wildman–Crippen LogP) is 4.23. The van der Waals surface area contributed by atoms with Gasteiger partial charge in [-0.3, -0.25) is 9.48 Å². The SMILES string of the molecule is N#Cc1nn(Cc2ccc(C(F)(F)F)cc2C(F)(F)F)c2ccc(/C=C3\SC(N4CCN[C@@H](CO)C4)=NC3=O)cc12. The normalized spacial score (nSPS) is 19.2. The van der Waals surface area contributed by atoms with E-state index in [2.05, 4.69) is 15.4 Å². The third-order valence-electron chi connectivity index (χ3n) is 6.60. The van der Waals surface area contributed by atoms with Crippen LogP contribution in [0, 0.1) is 11.3 Å². The predicted molar refractivity (Wildman–Crippen MR) is 138 cm³/mol. The Morgan fingerprint density at radius 1 is 1.15 bits per heavy atom. The molecular formula is C26H20F6N6O2S. The van der Waals surface area contributed by atoms with Crippen LogP contribution in [0.2, 0.25) is 0 Å². The quantitative estimate of drug-likeness (QED) is 0.344. The molecule has 41 heavy (non-hydrogen) atoms. The fourth-order valence-corrected chi connectivity index (χ4v) is 5.56. The van der Waals surface area contributed by atoms with Crippen molar-refractivity contribution in [2.24, 2.45) is 4.99 Å². The summed E-state index contributed by atoms with van der Waals surface area (Å²) in [6.07, 6.45) is -8.43. The van der Waals surface area contributed by atoms with Crippen molar-refractivity contribution in [1.29, 1.82) is 5.26 Å². The number of carbonyl (C=O) groups is 1. The van der Waals surface area contributed by atoms with Crippen LogP contribution in [0.15, 0.2) is 46.3 Å². The molecule has 0 saturated carbocycles. The number of benzene rings is 2. The number of alkyl halides is 6. The number of aliphatic hydroxyl groups is 1. The summed E-state index contributed by atoms with van der Waals surface area (Å²) in [4.78, 5) is 18.9. The molecule has 0 radical (unpaired) electrons. The minimum atomic E-state index is -5.05. The fourth-order valence-electron chi connectivity index (χ4n) is 4.61. The first kappa shape index (κ1) is 28.7. The number of amides is 1. The van der Waals surface area contributed by atoms with Crippen LogP contribution < -0.4 is 5.32 Å². The van der Waals surface area contributed by atoms with Crippen LogP contribution in [0.3, 0.4) is 0 Å². The molecule has 3 heterocycles. The van der Waals surface area contributed by atoms with Gasteiger partial charge in [0.25, 0.3) is 5.91 Å². The smallest absolute Gasteiger partial charge is 0.395 e. The molecule has 8 nitrogen and oxygen atoms in total. The highest BCUT2D eigenvalue weighted by molar-refractivity contribution is 8.18. The van der Waals surface area contributed by atoms with Gasteiger partial charge in [0, 0.05) is 31.1 Å². The Morgan fingerprint density at radius 3 is 2.61 bits per heavy atom. The molecule has 1 atom stereocenters. The van der Waals surface area contributed by atoms with Crippen molar-refractivity contribution in [2.45, 2.75) is 24.9 Å². The van der Waals surface area contributed by atoms with Crippen molar-refractivity contribution >= 4 is 39.8 Å². The number of piperazine rings is 1. The first-order valence-electron chi connectivity index (χ1n) is 12.2. The van der Waals surface area contributed by atoms with Crippen molar-refractivity contribution in [3.8, 4) is 6.07 Å². The van der Waals surface area contributed by atoms with E-state index < -0.39 is 41.5 Å². The highest BCUT2D eigenvalue weighted by atomic mass is 32.2. The number of hydrogen-bond acceptors (Lipinski definition) is 7. The lowest BCUT2D eigenvalue weighted by atomic mass is 10.0. The Labute approximate surface area is 232 Å². The number of thioether (sulfide) groups is 1. The van der Waals surface area contributed by atoms with Gasteiger partial charge < -0.3 is 15.3 Å². The Morgan fingerprint density at radius 2 is 1.93 bits per heavy atom. The van der Waals surface area contributed by atoms with Gasteiger partial charge in [0.1, 0.15) is 6.07 Å². The molecule has 2 aliphatic heterocycles. The van der Waals surface area contributed by atoms with E-state index >= 15 is 0 Å². The van der Waals surface area contributed by atoms with Gasteiger partial charge in [-0.15, -0.1) is 0 Å². The molecule has 0 aliphatic carbocycles. The molecule has 15 heteroatoms. The molecule has 1 saturated heterocycles. The molecule has 2 N–H and O–H groups in total. The molecule has 2 aliphatic rings. The molecule has 2 aromatic carbocycles. The largest absolute Gasteiger partial charge is 0.416 e. The van der Waals surface area contributed by atoms with Crippen molar-refractivity contribution in [1.82, 2.24) is 20.0 Å². The molecular weight excluding hydrogens is 574 g/mol. The number of aliphatic hydroxyl groups excluding tert-OH is 1. The highest BCUT2D eigenvalue weighted by Gasteiger charge is 2.38. The maximum absolute atomic E-state index is 13.7. The van der Waals surface area contributed by atoms with E-state index in [1.807, 2.05) is 11.0 Å². The molecule has 0 bridgehead atoms. The molecule has 0 unspecified atom stereocenters. The number of rotatable bonds is 4. The third kappa shape index (κ3) is 5.95. The first-order chi connectivity index (χ1) is 19.4. The Hall–Kier alpha value is -3.87. The number of halogens is 6. The summed E-state index contributed by atoms with van der Waals surface area (Å²) < 4.78 is 81.3. The van der Waals surface area contributed by atoms with Gasteiger partial charge >= 0.3 is 12.4 Å². The van der Waals surface area contributed by atoms with E-state index in [-0.39, 0.29) is 29.9 Å². The van der Waals surface area contributed by atoms with Gasteiger partial charge in [0.2, 0.25) is 0 Å². The minimum absolute atomic E-state index is 0.0591. The molecule has 0 spiro atoms. The summed E-state index contributed by atoms with van der Waals surface area (Å²) in [5, 5.41) is 27.1. The summed E-state index contributed by atoms with van der Waals surface area (Å²) in [5.74, 6) is -0.456. The molecule has 1 fully saturated rings. The fraction of sp³-hybridized carbons (Fsp3) is 0.308. The summed E-state index contributed by atoms with van der Waals surface area (Å²) in [5.41, 5.74) is -2.61. The number of aromatic nitrogens is 2. The van der Waals surface area contributed by atoms with Crippen LogP contribution >= 0.6 is 11.8 Å². The van der Waals surface area contributed by atoms with Crippen LogP contribution in [-0.4, -0.2) is 63.1 Å². The molecule has 1 amide bonds. The first-order valence-corrected chi connectivity index (χ1v) is 13.0. The summed E-state index contributed by atoms with van der Waals surface area (Å²) in [6.45, 7) is 1.11. The van der Waals surface area contributed by atoms with Crippen molar-refractivity contribution in [3.05, 3.63) is 69.3 Å². The number of nitriles is 1. The zero-order chi connectivity index (χ0) is 29.5. The average molecular weight is 595 g/mol. The van der Waals surface area contributed by atoms with Crippen molar-refractivity contribution in [3.63, 3.8) is 0 Å². The lowest BCUT2D eigenvalue weighted by Gasteiger charge is -2.33. The molecule has 5 rings (SSSR count). The van der Waals surface area contributed by atoms with Crippen LogP contribution in [0.5, 0.6) is 0 Å². The van der Waals surface area contributed by atoms with Crippen LogP contribution in [0.1, 0.15) is 27.9 Å². The van der Waals surface area contributed by atoms with E-state index in [4.69, 9.17) is 0 Å². The van der Waals surface area contributed by atoms with E-state index in [1.165, 1.54) is 17.8 Å². The van der Waals surface area contributed by atoms with Gasteiger partial charge in [-0.25, -0.2) is 0 Å². The second-order valence-corrected chi connectivity index (χ2v) is 10.4. The summed E-state index contributed by atoms with van der Waals surface area (Å²) >= 11 is 1.17. The van der Waals surface area contributed by atoms with E-state index in [9.17, 15) is 41.5 Å². The monoisotopic (exact) mass is 594 g/mol. The summed E-state index contributed by atoms with van der Waals surface area (Å²) in [6, 6.07) is 7.79. The van der Waals surface area contributed by atoms with Crippen LogP contribution in [-0.2, 0) is 23.7 Å². The van der Waals surface area contributed by atoms with E-state index in [0.717, 1.165) is 10.7 Å². The van der Waals surface area contributed by atoms with Gasteiger partial charge in [-0.1, -0.05) is 12.1 Å². The van der Waals surface area contributed by atoms with E-state index in [0.29, 0.717) is 46.7 Å². The molecule has 1 aromatic heterocycles. The Kier molecular flexibility index (Phi) is 7.58. The topological polar surface area (TPSA) is 107 Å². The Balaban J connectivity index is 1.43. The number of nitrogens with zero attached hydrogens (tertiary/aromatic N) is 5. The maximum atomic E-state index is 13.7. The standard InChI is InChI=1S/C26H20F6N6O2S/c27-25(28,29)16-3-2-15(19(9-16)26(30,31)32)11-38-21-4-1-14(7-18(21)20(10-33)36-38)8-22-23(40)35-24(41-22)37-6-5-34-17(12-37)13-39/h1-4,7-9,17,34,39H,5-6,11-13H2/b22-8-/t17-/m1/s1. The number of nitrogens with one attached hydrogen (secondary N) is 1. The number of hydrogen-bond donors (Lipinski definition) is 2. The Bertz CT molecular complexity index is 1620. The van der Waals surface area contributed by atoms with Crippen LogP contribution in [0.25, 0.3) is 17.0 Å². The van der Waals surface area contributed by atoms with Crippen molar-refractivity contribution < 1.29 is 36.2 Å². The van der Waals surface area contributed by atoms with Gasteiger partial charge in [0.05, 0.1) is 34.7 Å². The zero-order valence-corrected chi connectivity index (χ0v) is 21.7. The minimum Gasteiger partial charge on any atom is -0.395 e. The number of carbonyl (C=O) groups excluding carboxylic acids is 1. The molecule has 3 aromatic rings. The third-order valence-corrected chi connectivity index (χ3v) is 7.64. The number of amidine groups is 1. The van der Waals surface area contributed by atoms with Gasteiger partial charge in [-0.2, -0.15) is 41.7 Å².